The Hall–Kier alpha value is -3.66. The van der Waals surface area contributed by atoms with Crippen LogP contribution in [0.1, 0.15) is 46.1 Å². The number of benzene rings is 2. The van der Waals surface area contributed by atoms with E-state index in [0.29, 0.717) is 54.1 Å². The van der Waals surface area contributed by atoms with Crippen LogP contribution in [0.3, 0.4) is 0 Å². The van der Waals surface area contributed by atoms with Crippen LogP contribution in [0.15, 0.2) is 48.8 Å². The lowest BCUT2D eigenvalue weighted by Crippen LogP contribution is -2.52. The van der Waals surface area contributed by atoms with Crippen molar-refractivity contribution in [3.05, 3.63) is 54.6 Å². The van der Waals surface area contributed by atoms with Crippen molar-refractivity contribution in [2.75, 3.05) is 12.9 Å². The van der Waals surface area contributed by atoms with Gasteiger partial charge in [-0.2, -0.15) is 8.42 Å². The minimum absolute atomic E-state index is 0.244. The average Bonchev–Trinajstić information content (AvgIpc) is 3.59. The van der Waals surface area contributed by atoms with Crippen molar-refractivity contribution < 1.29 is 31.3 Å². The molecule has 260 valence electrons. The number of rotatable bonds is 11. The fourth-order valence-electron chi connectivity index (χ4n) is 5.79. The van der Waals surface area contributed by atoms with E-state index in [1.807, 2.05) is 22.8 Å². The monoisotopic (exact) mass is 700 g/mol. The maximum atomic E-state index is 15.4. The SMILES string of the molecule is CC(C)(C)OC(=O)N[C@H]1CCC[C@@H](n2c(-c3ccccc3F)nc3ccc(-c4ncn(COCC[Si](C)(C)C)n4)cc32)[C@H]1OS(C)(=O)=O. The minimum atomic E-state index is -3.99. The molecule has 2 aromatic heterocycles. The van der Waals surface area contributed by atoms with Crippen LogP contribution in [-0.4, -0.2) is 77.5 Å². The first-order valence-corrected chi connectivity index (χ1v) is 21.6. The third kappa shape index (κ3) is 9.06. The van der Waals surface area contributed by atoms with E-state index in [1.165, 1.54) is 6.07 Å². The van der Waals surface area contributed by atoms with Crippen LogP contribution in [0.2, 0.25) is 25.7 Å². The van der Waals surface area contributed by atoms with Crippen LogP contribution in [0.5, 0.6) is 0 Å². The fourth-order valence-corrected chi connectivity index (χ4v) is 7.21. The number of hydrogen-bond acceptors (Lipinski definition) is 9. The first kappa shape index (κ1) is 35.6. The number of nitrogens with zero attached hydrogens (tertiary/aromatic N) is 5. The summed E-state index contributed by atoms with van der Waals surface area (Å²) in [6, 6.07) is 11.5. The van der Waals surface area contributed by atoms with E-state index in [0.717, 1.165) is 12.3 Å². The number of fused-ring (bicyclic) bond motifs is 1. The topological polar surface area (TPSA) is 139 Å². The quantitative estimate of drug-likeness (QED) is 0.107. The van der Waals surface area contributed by atoms with E-state index < -0.39 is 53.9 Å². The molecule has 3 atom stereocenters. The summed E-state index contributed by atoms with van der Waals surface area (Å²) in [5.41, 5.74) is 1.34. The first-order chi connectivity index (χ1) is 22.5. The summed E-state index contributed by atoms with van der Waals surface area (Å²) in [6.07, 6.45) is 2.40. The molecule has 2 heterocycles. The zero-order valence-corrected chi connectivity index (χ0v) is 30.4. The Morgan fingerprint density at radius 3 is 2.56 bits per heavy atom. The fraction of sp³-hybridized carbons (Fsp3) is 0.515. The summed E-state index contributed by atoms with van der Waals surface area (Å²) in [7, 11) is -5.22. The van der Waals surface area contributed by atoms with Gasteiger partial charge in [-0.05, 0) is 76.4 Å². The van der Waals surface area contributed by atoms with Crippen molar-refractivity contribution >= 4 is 35.3 Å². The lowest BCUT2D eigenvalue weighted by Gasteiger charge is -2.39. The highest BCUT2D eigenvalue weighted by Crippen LogP contribution is 2.39. The van der Waals surface area contributed by atoms with Crippen LogP contribution in [0.25, 0.3) is 33.8 Å². The molecule has 0 unspecified atom stereocenters. The molecule has 1 aliphatic carbocycles. The van der Waals surface area contributed by atoms with E-state index in [9.17, 15) is 13.2 Å². The standard InChI is InChI=1S/C33H45FN6O6SSi/c1-33(2,3)45-32(41)37-26-13-10-14-27(29(26)46-47(4,42)43)40-28-19-22(30-35-20-39(38-30)21-44-17-18-48(5,6)7)15-16-25(28)36-31(40)23-11-8-9-12-24(23)34/h8-9,11-12,15-16,19-20,26-27,29H,10,13-14,17-18,21H2,1-7H3,(H,37,41)/t26-,27+,29-/m0/s1. The summed E-state index contributed by atoms with van der Waals surface area (Å²) >= 11 is 0. The van der Waals surface area contributed by atoms with E-state index in [1.54, 1.807) is 50.0 Å². The minimum Gasteiger partial charge on any atom is -0.444 e. The van der Waals surface area contributed by atoms with Crippen molar-refractivity contribution in [1.29, 1.82) is 0 Å². The number of alkyl carbamates (subject to hydrolysis) is 1. The number of imidazole rings is 1. The van der Waals surface area contributed by atoms with Gasteiger partial charge in [0.05, 0.1) is 34.9 Å². The van der Waals surface area contributed by atoms with Gasteiger partial charge >= 0.3 is 6.09 Å². The molecule has 1 saturated carbocycles. The van der Waals surface area contributed by atoms with Crippen LogP contribution in [0, 0.1) is 5.82 Å². The highest BCUT2D eigenvalue weighted by Gasteiger charge is 2.41. The molecular weight excluding hydrogens is 656 g/mol. The summed E-state index contributed by atoms with van der Waals surface area (Å²) in [6.45, 7) is 13.0. The summed E-state index contributed by atoms with van der Waals surface area (Å²) in [4.78, 5) is 22.2. The van der Waals surface area contributed by atoms with Gasteiger partial charge in [0.15, 0.2) is 5.82 Å². The van der Waals surface area contributed by atoms with Gasteiger partial charge in [-0.1, -0.05) is 31.8 Å². The van der Waals surface area contributed by atoms with Gasteiger partial charge in [-0.25, -0.2) is 23.8 Å². The van der Waals surface area contributed by atoms with Gasteiger partial charge in [0, 0.05) is 20.2 Å². The number of halogens is 1. The number of amides is 1. The second-order valence-electron chi connectivity index (χ2n) is 14.5. The Bertz CT molecular complexity index is 1870. The predicted molar refractivity (Wildman–Crippen MR) is 184 cm³/mol. The zero-order chi connectivity index (χ0) is 34.9. The van der Waals surface area contributed by atoms with Gasteiger partial charge in [0.1, 0.15) is 36.4 Å². The van der Waals surface area contributed by atoms with Crippen LogP contribution in [0.4, 0.5) is 9.18 Å². The van der Waals surface area contributed by atoms with E-state index in [2.05, 4.69) is 35.0 Å². The van der Waals surface area contributed by atoms with Gasteiger partial charge in [-0.3, -0.25) is 4.18 Å². The third-order valence-electron chi connectivity index (χ3n) is 7.93. The van der Waals surface area contributed by atoms with E-state index in [-0.39, 0.29) is 12.3 Å². The Balaban J connectivity index is 1.57. The number of ether oxygens (including phenoxy) is 2. The van der Waals surface area contributed by atoms with E-state index >= 15 is 4.39 Å². The van der Waals surface area contributed by atoms with Crippen LogP contribution >= 0.6 is 0 Å². The molecule has 48 heavy (non-hydrogen) atoms. The van der Waals surface area contributed by atoms with Gasteiger partial charge in [0.2, 0.25) is 0 Å². The maximum absolute atomic E-state index is 15.4. The molecule has 5 rings (SSSR count). The molecule has 0 aliphatic heterocycles. The molecule has 0 bridgehead atoms. The van der Waals surface area contributed by atoms with Crippen molar-refractivity contribution in [2.24, 2.45) is 0 Å². The van der Waals surface area contributed by atoms with Gasteiger partial charge in [-0.15, -0.1) is 5.10 Å². The Morgan fingerprint density at radius 1 is 1.12 bits per heavy atom. The highest BCUT2D eigenvalue weighted by molar-refractivity contribution is 7.86. The molecule has 0 saturated heterocycles. The van der Waals surface area contributed by atoms with Crippen molar-refractivity contribution in [3.63, 3.8) is 0 Å². The normalized spacial score (nSPS) is 19.0. The highest BCUT2D eigenvalue weighted by atomic mass is 32.2. The Labute approximate surface area is 282 Å². The summed E-state index contributed by atoms with van der Waals surface area (Å²) in [5, 5.41) is 7.45. The first-order valence-electron chi connectivity index (χ1n) is 16.1. The molecule has 15 heteroatoms. The molecule has 1 N–H and O–H groups in total. The van der Waals surface area contributed by atoms with Gasteiger partial charge in [0.25, 0.3) is 10.1 Å². The van der Waals surface area contributed by atoms with Crippen LogP contribution < -0.4 is 5.32 Å². The molecule has 2 aromatic carbocycles. The smallest absolute Gasteiger partial charge is 0.407 e. The molecule has 0 radical (unpaired) electrons. The predicted octanol–water partition coefficient (Wildman–Crippen LogP) is 6.38. The van der Waals surface area contributed by atoms with E-state index in [4.69, 9.17) is 18.6 Å². The largest absolute Gasteiger partial charge is 0.444 e. The lowest BCUT2D eigenvalue weighted by molar-refractivity contribution is 0.0324. The number of aromatic nitrogens is 5. The second kappa shape index (κ2) is 14.1. The summed E-state index contributed by atoms with van der Waals surface area (Å²) in [5.74, 6) is 0.283. The van der Waals surface area contributed by atoms with Crippen molar-refractivity contribution in [2.45, 2.75) is 96.2 Å². The van der Waals surface area contributed by atoms with Gasteiger partial charge < -0.3 is 19.4 Å². The molecule has 1 amide bonds. The Kier molecular flexibility index (Phi) is 10.4. The molecular formula is C33H45FN6O6SSi. The molecule has 0 spiro atoms. The van der Waals surface area contributed by atoms with Crippen molar-refractivity contribution in [3.8, 4) is 22.8 Å². The molecule has 1 fully saturated rings. The lowest BCUT2D eigenvalue weighted by atomic mass is 9.87. The Morgan fingerprint density at radius 2 is 1.88 bits per heavy atom. The molecule has 12 nitrogen and oxygen atoms in total. The van der Waals surface area contributed by atoms with Crippen molar-refractivity contribution in [1.82, 2.24) is 29.6 Å². The molecule has 1 aliphatic rings. The van der Waals surface area contributed by atoms with Crippen LogP contribution in [-0.2, 0) is 30.5 Å². The third-order valence-corrected chi connectivity index (χ3v) is 10.2. The molecule has 4 aromatic rings. The second-order valence-corrected chi connectivity index (χ2v) is 21.7. The number of hydrogen-bond donors (Lipinski definition) is 1. The summed E-state index contributed by atoms with van der Waals surface area (Å²) < 4.78 is 61.2. The zero-order valence-electron chi connectivity index (χ0n) is 28.6. The number of carbonyl (C=O) groups excluding carboxylic acids is 1. The average molecular weight is 701 g/mol. The number of carbonyl (C=O) groups is 1. The maximum Gasteiger partial charge on any atom is 0.407 e. The number of nitrogens with one attached hydrogen (secondary N) is 1.